The minimum Gasteiger partial charge on any atom is -0.393 e. The van der Waals surface area contributed by atoms with Gasteiger partial charge in [0, 0.05) is 50.6 Å². The van der Waals surface area contributed by atoms with E-state index in [1.165, 1.54) is 5.56 Å². The largest absolute Gasteiger partial charge is 0.393 e. The number of hydrogen-bond acceptors (Lipinski definition) is 7. The van der Waals surface area contributed by atoms with Gasteiger partial charge in [-0.3, -0.25) is 9.80 Å². The van der Waals surface area contributed by atoms with Gasteiger partial charge in [0.25, 0.3) is 0 Å². The Hall–Kier alpha value is -1.90. The van der Waals surface area contributed by atoms with Gasteiger partial charge in [0.05, 0.1) is 12.6 Å². The molecule has 0 aromatic carbocycles. The second kappa shape index (κ2) is 8.41. The smallest absolute Gasteiger partial charge is 0.146 e. The van der Waals surface area contributed by atoms with Crippen molar-refractivity contribution in [3.05, 3.63) is 35.9 Å². The number of aliphatic hydroxyl groups is 1. The number of aromatic nitrogens is 5. The molecule has 2 aliphatic rings. The van der Waals surface area contributed by atoms with E-state index in [4.69, 9.17) is 0 Å². The molecule has 1 N–H and O–H groups in total. The maximum atomic E-state index is 9.67. The lowest BCUT2D eigenvalue weighted by molar-refractivity contribution is 0.0775. The Morgan fingerprint density at radius 2 is 1.56 bits per heavy atom. The lowest BCUT2D eigenvalue weighted by Gasteiger charge is -2.31. The Morgan fingerprint density at radius 1 is 0.926 bits per heavy atom. The molecule has 8 heteroatoms. The Morgan fingerprint density at radius 3 is 2.26 bits per heavy atom. The molecule has 2 aromatic rings. The van der Waals surface area contributed by atoms with E-state index in [1.54, 1.807) is 6.33 Å². The first-order valence-corrected chi connectivity index (χ1v) is 9.94. The second-order valence-corrected chi connectivity index (χ2v) is 7.84. The Bertz CT molecular complexity index is 719. The van der Waals surface area contributed by atoms with E-state index in [2.05, 4.69) is 41.6 Å². The van der Waals surface area contributed by atoms with E-state index in [1.807, 2.05) is 12.4 Å². The van der Waals surface area contributed by atoms with Gasteiger partial charge in [0.15, 0.2) is 0 Å². The van der Waals surface area contributed by atoms with Crippen LogP contribution >= 0.6 is 0 Å². The SMILES string of the molecule is Cn1c(CN2CCC(O)CC2)nnc1C1CCN(Cc2cncnc2)CC1. The van der Waals surface area contributed by atoms with Crippen molar-refractivity contribution in [3.63, 3.8) is 0 Å². The number of likely N-dealkylation sites (tertiary alicyclic amines) is 2. The molecule has 2 aromatic heterocycles. The number of piperidine rings is 2. The normalized spacial score (nSPS) is 21.0. The van der Waals surface area contributed by atoms with Crippen LogP contribution in [0.25, 0.3) is 0 Å². The highest BCUT2D eigenvalue weighted by atomic mass is 16.3. The van der Waals surface area contributed by atoms with Crippen molar-refractivity contribution in [2.75, 3.05) is 26.2 Å². The summed E-state index contributed by atoms with van der Waals surface area (Å²) in [4.78, 5) is 13.0. The summed E-state index contributed by atoms with van der Waals surface area (Å²) in [5.41, 5.74) is 1.17. The molecule has 0 saturated carbocycles. The minimum atomic E-state index is -0.135. The standard InChI is InChI=1S/C19H29N7O/c1-24-18(13-26-8-4-17(27)5-9-26)22-23-19(24)16-2-6-25(7-3-16)12-15-10-20-14-21-11-15/h10-11,14,16-17,27H,2-9,12-13H2,1H3. The van der Waals surface area contributed by atoms with Crippen LogP contribution in [0.2, 0.25) is 0 Å². The van der Waals surface area contributed by atoms with E-state index in [0.29, 0.717) is 5.92 Å². The van der Waals surface area contributed by atoms with Crippen LogP contribution in [0.4, 0.5) is 0 Å². The molecule has 0 aliphatic carbocycles. The van der Waals surface area contributed by atoms with Crippen LogP contribution in [-0.4, -0.2) is 71.9 Å². The van der Waals surface area contributed by atoms with Gasteiger partial charge in [-0.15, -0.1) is 10.2 Å². The lowest BCUT2D eigenvalue weighted by Crippen LogP contribution is -2.36. The summed E-state index contributed by atoms with van der Waals surface area (Å²) in [7, 11) is 2.09. The van der Waals surface area contributed by atoms with Crippen molar-refractivity contribution in [3.8, 4) is 0 Å². The van der Waals surface area contributed by atoms with Crippen molar-refractivity contribution >= 4 is 0 Å². The van der Waals surface area contributed by atoms with Crippen molar-refractivity contribution in [1.29, 1.82) is 0 Å². The van der Waals surface area contributed by atoms with E-state index < -0.39 is 0 Å². The summed E-state index contributed by atoms with van der Waals surface area (Å²) >= 11 is 0. The zero-order chi connectivity index (χ0) is 18.6. The molecule has 2 saturated heterocycles. The molecule has 4 heterocycles. The van der Waals surface area contributed by atoms with Gasteiger partial charge in [-0.2, -0.15) is 0 Å². The predicted octanol–water partition coefficient (Wildman–Crippen LogP) is 0.941. The van der Waals surface area contributed by atoms with Crippen LogP contribution in [0.15, 0.2) is 18.7 Å². The van der Waals surface area contributed by atoms with Crippen LogP contribution in [0.1, 0.15) is 48.8 Å². The highest BCUT2D eigenvalue weighted by Gasteiger charge is 2.26. The van der Waals surface area contributed by atoms with Crippen LogP contribution < -0.4 is 0 Å². The monoisotopic (exact) mass is 371 g/mol. The Kier molecular flexibility index (Phi) is 5.75. The molecule has 0 bridgehead atoms. The Labute approximate surface area is 160 Å². The van der Waals surface area contributed by atoms with Crippen LogP contribution in [0.5, 0.6) is 0 Å². The van der Waals surface area contributed by atoms with Gasteiger partial charge in [-0.1, -0.05) is 0 Å². The third kappa shape index (κ3) is 4.51. The summed E-state index contributed by atoms with van der Waals surface area (Å²) in [5, 5.41) is 18.7. The zero-order valence-corrected chi connectivity index (χ0v) is 16.0. The van der Waals surface area contributed by atoms with E-state index in [-0.39, 0.29) is 6.10 Å². The first-order valence-electron chi connectivity index (χ1n) is 9.94. The third-order valence-corrected chi connectivity index (χ3v) is 5.89. The topological polar surface area (TPSA) is 83.2 Å². The minimum absolute atomic E-state index is 0.135. The first-order chi connectivity index (χ1) is 13.2. The van der Waals surface area contributed by atoms with Crippen molar-refractivity contribution < 1.29 is 5.11 Å². The maximum absolute atomic E-state index is 9.67. The highest BCUT2D eigenvalue weighted by molar-refractivity contribution is 5.06. The fraction of sp³-hybridized carbons (Fsp3) is 0.684. The molecule has 2 fully saturated rings. The fourth-order valence-corrected chi connectivity index (χ4v) is 4.17. The number of nitrogens with zero attached hydrogens (tertiary/aromatic N) is 7. The first kappa shape index (κ1) is 18.5. The molecule has 0 atom stereocenters. The summed E-state index contributed by atoms with van der Waals surface area (Å²) in [6.07, 6.45) is 9.16. The van der Waals surface area contributed by atoms with Gasteiger partial charge in [-0.25, -0.2) is 9.97 Å². The van der Waals surface area contributed by atoms with E-state index in [9.17, 15) is 5.11 Å². The average Bonchev–Trinajstić information content (AvgIpc) is 3.05. The molecule has 27 heavy (non-hydrogen) atoms. The zero-order valence-electron chi connectivity index (χ0n) is 16.0. The van der Waals surface area contributed by atoms with Crippen LogP contribution in [-0.2, 0) is 20.1 Å². The Balaban J connectivity index is 1.31. The molecule has 2 aliphatic heterocycles. The van der Waals surface area contributed by atoms with Crippen LogP contribution in [0, 0.1) is 0 Å². The highest BCUT2D eigenvalue weighted by Crippen LogP contribution is 2.27. The molecular formula is C19H29N7O. The van der Waals surface area contributed by atoms with E-state index in [0.717, 1.165) is 76.6 Å². The van der Waals surface area contributed by atoms with E-state index >= 15 is 0 Å². The summed E-state index contributed by atoms with van der Waals surface area (Å²) in [5.74, 6) is 2.62. The predicted molar refractivity (Wildman–Crippen MR) is 101 cm³/mol. The molecule has 0 amide bonds. The molecular weight excluding hydrogens is 342 g/mol. The van der Waals surface area contributed by atoms with Gasteiger partial charge >= 0.3 is 0 Å². The lowest BCUT2D eigenvalue weighted by atomic mass is 9.95. The molecule has 146 valence electrons. The molecule has 0 spiro atoms. The van der Waals surface area contributed by atoms with Gasteiger partial charge < -0.3 is 9.67 Å². The summed E-state index contributed by atoms with van der Waals surface area (Å²) < 4.78 is 2.19. The molecule has 0 radical (unpaired) electrons. The number of hydrogen-bond donors (Lipinski definition) is 1. The van der Waals surface area contributed by atoms with Crippen molar-refractivity contribution in [2.24, 2.45) is 7.05 Å². The van der Waals surface area contributed by atoms with Crippen molar-refractivity contribution in [2.45, 2.75) is 50.8 Å². The molecule has 4 rings (SSSR count). The molecule has 8 nitrogen and oxygen atoms in total. The average molecular weight is 371 g/mol. The summed E-state index contributed by atoms with van der Waals surface area (Å²) in [6.45, 7) is 5.73. The third-order valence-electron chi connectivity index (χ3n) is 5.89. The number of aliphatic hydroxyl groups excluding tert-OH is 1. The van der Waals surface area contributed by atoms with Gasteiger partial charge in [-0.05, 0) is 38.8 Å². The van der Waals surface area contributed by atoms with Gasteiger partial charge in [0.2, 0.25) is 0 Å². The maximum Gasteiger partial charge on any atom is 0.146 e. The van der Waals surface area contributed by atoms with Crippen molar-refractivity contribution in [1.82, 2.24) is 34.5 Å². The van der Waals surface area contributed by atoms with Crippen LogP contribution in [0.3, 0.4) is 0 Å². The summed E-state index contributed by atoms with van der Waals surface area (Å²) in [6, 6.07) is 0. The second-order valence-electron chi connectivity index (χ2n) is 7.84. The number of rotatable bonds is 5. The molecule has 0 unspecified atom stereocenters. The fourth-order valence-electron chi connectivity index (χ4n) is 4.17. The van der Waals surface area contributed by atoms with Gasteiger partial charge in [0.1, 0.15) is 18.0 Å². The quantitative estimate of drug-likeness (QED) is 0.837.